The fraction of sp³-hybridized carbons (Fsp3) is 0.412. The molecule has 28 heavy (non-hydrogen) atoms. The molecule has 0 spiro atoms. The summed E-state index contributed by atoms with van der Waals surface area (Å²) in [5, 5.41) is 12.6. The number of nitrogens with zero attached hydrogens (tertiary/aromatic N) is 2. The third-order valence-corrected chi connectivity index (χ3v) is 8.70. The van der Waals surface area contributed by atoms with Crippen molar-refractivity contribution in [2.75, 3.05) is 27.3 Å². The summed E-state index contributed by atoms with van der Waals surface area (Å²) in [4.78, 5) is 7.36. The van der Waals surface area contributed by atoms with Gasteiger partial charge in [-0.15, -0.1) is 12.4 Å². The van der Waals surface area contributed by atoms with Gasteiger partial charge in [-0.2, -0.15) is 0 Å². The van der Waals surface area contributed by atoms with Crippen molar-refractivity contribution in [2.24, 2.45) is 10.7 Å². The predicted octanol–water partition coefficient (Wildman–Crippen LogP) is 3.99. The molecule has 7 nitrogen and oxygen atoms in total. The monoisotopic (exact) mass is 649 g/mol. The maximum absolute atomic E-state index is 8.42. The minimum Gasteiger partial charge on any atom is -0.495 e. The molecule has 0 saturated carbocycles. The molecule has 2 heterocycles. The zero-order valence-electron chi connectivity index (χ0n) is 15.9. The molecule has 3 rings (SSSR count). The van der Waals surface area contributed by atoms with Gasteiger partial charge in [-0.3, -0.25) is 5.41 Å². The summed E-state index contributed by atoms with van der Waals surface area (Å²) in [5.74, 6) is 1.72. The second-order valence-corrected chi connectivity index (χ2v) is 8.96. The van der Waals surface area contributed by atoms with Gasteiger partial charge in [-0.25, -0.2) is 4.99 Å². The number of halogens is 3. The molecule has 11 heteroatoms. The number of fused-ring (bicyclic) bond motifs is 1. The fourth-order valence-electron chi connectivity index (χ4n) is 3.19. The largest absolute Gasteiger partial charge is 0.495 e. The van der Waals surface area contributed by atoms with Gasteiger partial charge in [0.1, 0.15) is 17.7 Å². The van der Waals surface area contributed by atoms with E-state index in [1.165, 1.54) is 11.8 Å². The van der Waals surface area contributed by atoms with Crippen molar-refractivity contribution in [3.8, 4) is 11.5 Å². The van der Waals surface area contributed by atoms with Crippen LogP contribution in [0.1, 0.15) is 31.1 Å². The van der Waals surface area contributed by atoms with Crippen LogP contribution in [-0.4, -0.2) is 43.2 Å². The molecular formula is C17H22ClI2N5O2S. The normalized spacial score (nSPS) is 20.3. The molecule has 0 bridgehead atoms. The number of rotatable bonds is 4. The molecule has 0 saturated heterocycles. The van der Waals surface area contributed by atoms with Gasteiger partial charge >= 0.3 is 0 Å². The number of thioether (sulfide) groups is 1. The molecule has 0 amide bonds. The number of benzene rings is 1. The van der Waals surface area contributed by atoms with Crippen LogP contribution in [0.2, 0.25) is 0 Å². The quantitative estimate of drug-likeness (QED) is 0.428. The van der Waals surface area contributed by atoms with E-state index in [0.29, 0.717) is 0 Å². The fourth-order valence-corrected chi connectivity index (χ4v) is 5.79. The van der Waals surface area contributed by atoms with Gasteiger partial charge in [-0.1, -0.05) is 0 Å². The lowest BCUT2D eigenvalue weighted by Gasteiger charge is -2.19. The van der Waals surface area contributed by atoms with Crippen LogP contribution in [0.3, 0.4) is 0 Å². The van der Waals surface area contributed by atoms with E-state index in [-0.39, 0.29) is 18.2 Å². The Morgan fingerprint density at radius 1 is 1.18 bits per heavy atom. The first-order valence-corrected chi connectivity index (χ1v) is 11.4. The molecular weight excluding hydrogens is 628 g/mol. The Morgan fingerprint density at radius 2 is 1.75 bits per heavy atom. The van der Waals surface area contributed by atoms with E-state index in [2.05, 4.69) is 74.2 Å². The zero-order valence-corrected chi connectivity index (χ0v) is 21.8. The highest BCUT2D eigenvalue weighted by Crippen LogP contribution is 2.50. The van der Waals surface area contributed by atoms with Crippen LogP contribution in [-0.2, 0) is 0 Å². The van der Waals surface area contributed by atoms with Crippen molar-refractivity contribution in [2.45, 2.75) is 20.0 Å². The van der Waals surface area contributed by atoms with E-state index in [0.717, 1.165) is 58.6 Å². The van der Waals surface area contributed by atoms with Gasteiger partial charge in [0.15, 0.2) is 11.0 Å². The van der Waals surface area contributed by atoms with Crippen molar-refractivity contribution >= 4 is 86.1 Å². The number of aliphatic imine (C=N–C) groups is 1. The topological polar surface area (TPSA) is 96.0 Å². The van der Waals surface area contributed by atoms with Gasteiger partial charge in [0.25, 0.3) is 0 Å². The van der Waals surface area contributed by atoms with Gasteiger partial charge in [0, 0.05) is 18.7 Å². The lowest BCUT2D eigenvalue weighted by Crippen LogP contribution is -2.27. The first kappa shape index (κ1) is 23.8. The molecule has 2 aliphatic rings. The van der Waals surface area contributed by atoms with Crippen LogP contribution in [0.5, 0.6) is 11.5 Å². The Balaban J connectivity index is 0.00000280. The van der Waals surface area contributed by atoms with Crippen LogP contribution >= 0.6 is 69.4 Å². The Bertz CT molecular complexity index is 874. The molecule has 1 atom stereocenters. The van der Waals surface area contributed by atoms with Crippen LogP contribution in [0.25, 0.3) is 5.70 Å². The van der Waals surface area contributed by atoms with Gasteiger partial charge in [0.2, 0.25) is 0 Å². The van der Waals surface area contributed by atoms with E-state index >= 15 is 0 Å². The smallest absolute Gasteiger partial charge is 0.171 e. The molecule has 0 radical (unpaired) electrons. The minimum absolute atomic E-state index is 0. The van der Waals surface area contributed by atoms with Gasteiger partial charge in [0.05, 0.1) is 37.5 Å². The van der Waals surface area contributed by atoms with Crippen LogP contribution in [0, 0.1) is 12.5 Å². The summed E-state index contributed by atoms with van der Waals surface area (Å²) in [7, 11) is 3.30. The summed E-state index contributed by atoms with van der Waals surface area (Å²) in [6, 6.07) is 0. The first-order chi connectivity index (χ1) is 12.9. The first-order valence-electron chi connectivity index (χ1n) is 8.39. The summed E-state index contributed by atoms with van der Waals surface area (Å²) in [6.45, 7) is 5.85. The SMILES string of the molecule is CCN(CC)C1=NC(=N)C(=C2NC(N)c3c(OC)c(I)c(I)c(OC)c32)S1.Cl. The third-order valence-electron chi connectivity index (χ3n) is 4.48. The number of nitrogens with two attached hydrogens (primary N) is 1. The standard InChI is InChI=1S/C17H21I2N5O2S.ClH/c1-5-24(6-2)17-23-16(21)14(27-17)11-7-8(15(20)22-11)13(26-4)10(19)9(18)12(7)25-3;/h15,21-22H,5-6,20H2,1-4H3;1H. The van der Waals surface area contributed by atoms with E-state index in [1.807, 2.05) is 0 Å². The number of ether oxygens (including phenoxy) is 2. The average Bonchev–Trinajstić information content (AvgIpc) is 3.18. The highest BCUT2D eigenvalue weighted by molar-refractivity contribution is 14.1. The van der Waals surface area contributed by atoms with Crippen molar-refractivity contribution in [1.82, 2.24) is 10.2 Å². The molecule has 0 aliphatic carbocycles. The molecule has 0 aromatic heterocycles. The van der Waals surface area contributed by atoms with Gasteiger partial charge < -0.3 is 25.4 Å². The van der Waals surface area contributed by atoms with Crippen LogP contribution in [0.4, 0.5) is 0 Å². The van der Waals surface area contributed by atoms with Gasteiger partial charge in [-0.05, 0) is 70.8 Å². The molecule has 1 aromatic rings. The summed E-state index contributed by atoms with van der Waals surface area (Å²) >= 11 is 6.00. The highest BCUT2D eigenvalue weighted by Gasteiger charge is 2.38. The van der Waals surface area contributed by atoms with E-state index in [4.69, 9.17) is 20.6 Å². The van der Waals surface area contributed by atoms with E-state index in [9.17, 15) is 0 Å². The molecule has 154 valence electrons. The van der Waals surface area contributed by atoms with Crippen molar-refractivity contribution in [1.29, 1.82) is 5.41 Å². The van der Waals surface area contributed by atoms with E-state index < -0.39 is 6.17 Å². The average molecular weight is 650 g/mol. The van der Waals surface area contributed by atoms with Crippen LogP contribution in [0.15, 0.2) is 9.90 Å². The lowest BCUT2D eigenvalue weighted by atomic mass is 10.0. The van der Waals surface area contributed by atoms with Crippen molar-refractivity contribution in [3.05, 3.63) is 23.2 Å². The summed E-state index contributed by atoms with van der Waals surface area (Å²) in [5.41, 5.74) is 8.89. The maximum atomic E-state index is 8.42. The number of nitrogens with one attached hydrogen (secondary N) is 2. The Morgan fingerprint density at radius 3 is 2.29 bits per heavy atom. The summed E-state index contributed by atoms with van der Waals surface area (Å²) < 4.78 is 13.3. The highest BCUT2D eigenvalue weighted by atomic mass is 127. The predicted molar refractivity (Wildman–Crippen MR) is 135 cm³/mol. The maximum Gasteiger partial charge on any atom is 0.171 e. The van der Waals surface area contributed by atoms with Crippen molar-refractivity contribution in [3.63, 3.8) is 0 Å². The molecule has 0 fully saturated rings. The van der Waals surface area contributed by atoms with Crippen LogP contribution < -0.4 is 20.5 Å². The Labute approximate surface area is 202 Å². The third kappa shape index (κ3) is 3.82. The number of hydrogen-bond donors (Lipinski definition) is 3. The van der Waals surface area contributed by atoms with E-state index in [1.54, 1.807) is 14.2 Å². The number of hydrogen-bond acceptors (Lipinski definition) is 7. The zero-order chi connectivity index (χ0) is 19.9. The van der Waals surface area contributed by atoms with Crippen molar-refractivity contribution < 1.29 is 9.47 Å². The second kappa shape index (κ2) is 9.58. The second-order valence-electron chi connectivity index (χ2n) is 5.83. The molecule has 2 aliphatic heterocycles. The molecule has 4 N–H and O–H groups in total. The molecule has 1 unspecified atom stereocenters. The Kier molecular flexibility index (Phi) is 8.15. The molecule has 1 aromatic carbocycles. The lowest BCUT2D eigenvalue weighted by molar-refractivity contribution is 0.391. The Hall–Kier alpha value is -0.440. The number of amidine groups is 2. The summed E-state index contributed by atoms with van der Waals surface area (Å²) in [6.07, 6.45) is -0.442. The minimum atomic E-state index is -0.442. The number of methoxy groups -OCH3 is 2.